The Labute approximate surface area is 135 Å². The van der Waals surface area contributed by atoms with E-state index in [1.807, 2.05) is 18.2 Å². The van der Waals surface area contributed by atoms with Gasteiger partial charge in [0.15, 0.2) is 5.65 Å². The Balaban J connectivity index is 1.59. The van der Waals surface area contributed by atoms with Gasteiger partial charge in [0.1, 0.15) is 5.69 Å². The minimum atomic E-state index is -0.161. The zero-order valence-corrected chi connectivity index (χ0v) is 13.1. The van der Waals surface area contributed by atoms with Gasteiger partial charge in [0.25, 0.3) is 5.91 Å². The predicted molar refractivity (Wildman–Crippen MR) is 88.2 cm³/mol. The van der Waals surface area contributed by atoms with E-state index in [2.05, 4.69) is 20.2 Å². The first-order valence-electron chi connectivity index (χ1n) is 8.13. The van der Waals surface area contributed by atoms with Crippen LogP contribution in [0.3, 0.4) is 0 Å². The van der Waals surface area contributed by atoms with Crippen molar-refractivity contribution in [2.75, 3.05) is 26.2 Å². The lowest BCUT2D eigenvalue weighted by Gasteiger charge is -2.24. The van der Waals surface area contributed by atoms with Crippen LogP contribution in [0.2, 0.25) is 0 Å². The third kappa shape index (κ3) is 3.83. The van der Waals surface area contributed by atoms with Crippen LogP contribution >= 0.6 is 0 Å². The van der Waals surface area contributed by atoms with E-state index in [4.69, 9.17) is 5.11 Å². The minimum absolute atomic E-state index is 0.161. The second-order valence-electron chi connectivity index (χ2n) is 5.87. The molecule has 0 spiro atoms. The number of carbonyl (C=O) groups excluding carboxylic acids is 1. The summed E-state index contributed by atoms with van der Waals surface area (Å²) in [6.45, 7) is 2.75. The number of fused-ring (bicyclic) bond motifs is 1. The Hall–Kier alpha value is -2.05. The van der Waals surface area contributed by atoms with Gasteiger partial charge in [0.05, 0.1) is 0 Å². The van der Waals surface area contributed by atoms with Crippen molar-refractivity contribution in [2.45, 2.75) is 25.3 Å². The third-order valence-corrected chi connectivity index (χ3v) is 4.30. The number of aliphatic hydroxyl groups excluding tert-OH is 1. The van der Waals surface area contributed by atoms with Crippen molar-refractivity contribution in [3.63, 3.8) is 0 Å². The lowest BCUT2D eigenvalue weighted by Crippen LogP contribution is -2.40. The molecule has 1 amide bonds. The Morgan fingerprint density at radius 1 is 1.39 bits per heavy atom. The molecule has 23 heavy (non-hydrogen) atoms. The Kier molecular flexibility index (Phi) is 5.15. The molecule has 0 bridgehead atoms. The molecule has 0 aliphatic carbocycles. The van der Waals surface area contributed by atoms with E-state index in [-0.39, 0.29) is 12.5 Å². The van der Waals surface area contributed by atoms with E-state index in [1.165, 1.54) is 0 Å². The van der Waals surface area contributed by atoms with Gasteiger partial charge in [0, 0.05) is 37.3 Å². The lowest BCUT2D eigenvalue weighted by atomic mass is 10.2. The van der Waals surface area contributed by atoms with Crippen LogP contribution in [0, 0.1) is 0 Å². The van der Waals surface area contributed by atoms with Gasteiger partial charge in [-0.2, -0.15) is 0 Å². The smallest absolute Gasteiger partial charge is 0.270 e. The average molecular weight is 314 g/mol. The van der Waals surface area contributed by atoms with E-state index in [0.29, 0.717) is 23.9 Å². The number of hydrogen-bond acceptors (Lipinski definition) is 5. The Bertz CT molecular complexity index is 676. The minimum Gasteiger partial charge on any atom is -0.396 e. The summed E-state index contributed by atoms with van der Waals surface area (Å²) in [5.41, 5.74) is 0.988. The summed E-state index contributed by atoms with van der Waals surface area (Å²) in [5.74, 6) is -0.161. The number of aromatic nitrogens is 2. The van der Waals surface area contributed by atoms with Crippen molar-refractivity contribution >= 4 is 16.9 Å². The van der Waals surface area contributed by atoms with E-state index in [1.54, 1.807) is 12.3 Å². The molecule has 0 saturated carbocycles. The zero-order valence-electron chi connectivity index (χ0n) is 13.1. The van der Waals surface area contributed by atoms with Crippen LogP contribution in [-0.2, 0) is 0 Å². The number of likely N-dealkylation sites (tertiary alicyclic amines) is 1. The summed E-state index contributed by atoms with van der Waals surface area (Å²) in [7, 11) is 0. The summed E-state index contributed by atoms with van der Waals surface area (Å²) in [5, 5.41) is 12.9. The number of aliphatic hydroxyl groups is 1. The molecule has 0 radical (unpaired) electrons. The maximum Gasteiger partial charge on any atom is 0.270 e. The van der Waals surface area contributed by atoms with Crippen LogP contribution in [-0.4, -0.2) is 58.2 Å². The van der Waals surface area contributed by atoms with Crippen LogP contribution in [0.25, 0.3) is 11.0 Å². The molecule has 3 rings (SSSR count). The zero-order chi connectivity index (χ0) is 16.1. The van der Waals surface area contributed by atoms with Gasteiger partial charge >= 0.3 is 0 Å². The SMILES string of the molecule is O=C(NCC1CCCN1CCCO)c1ccc2cccnc2n1. The Morgan fingerprint density at radius 3 is 3.17 bits per heavy atom. The summed E-state index contributed by atoms with van der Waals surface area (Å²) in [6, 6.07) is 7.73. The standard InChI is InChI=1S/C17H22N4O2/c22-11-3-10-21-9-2-5-14(21)12-19-17(23)15-7-6-13-4-1-8-18-16(13)20-15/h1,4,6-8,14,22H,2-3,5,9-12H2,(H,19,23). The highest BCUT2D eigenvalue weighted by atomic mass is 16.3. The van der Waals surface area contributed by atoms with Crippen molar-refractivity contribution < 1.29 is 9.90 Å². The van der Waals surface area contributed by atoms with Crippen LogP contribution in [0.4, 0.5) is 0 Å². The van der Waals surface area contributed by atoms with Crippen molar-refractivity contribution in [1.82, 2.24) is 20.2 Å². The summed E-state index contributed by atoms with van der Waals surface area (Å²) < 4.78 is 0. The van der Waals surface area contributed by atoms with E-state index in [0.717, 1.165) is 37.7 Å². The third-order valence-electron chi connectivity index (χ3n) is 4.30. The van der Waals surface area contributed by atoms with Crippen LogP contribution in [0.5, 0.6) is 0 Å². The van der Waals surface area contributed by atoms with Crippen molar-refractivity contribution in [2.24, 2.45) is 0 Å². The number of carbonyl (C=O) groups is 1. The number of pyridine rings is 2. The molecule has 2 N–H and O–H groups in total. The summed E-state index contributed by atoms with van der Waals surface area (Å²) in [6.07, 6.45) is 4.68. The predicted octanol–water partition coefficient (Wildman–Crippen LogP) is 1.21. The first-order valence-corrected chi connectivity index (χ1v) is 8.13. The molecule has 1 aliphatic heterocycles. The number of hydrogen-bond donors (Lipinski definition) is 2. The van der Waals surface area contributed by atoms with Gasteiger partial charge in [-0.25, -0.2) is 9.97 Å². The fraction of sp³-hybridized carbons (Fsp3) is 0.471. The number of amides is 1. The lowest BCUT2D eigenvalue weighted by molar-refractivity contribution is 0.0934. The molecule has 1 saturated heterocycles. The van der Waals surface area contributed by atoms with Gasteiger partial charge in [0.2, 0.25) is 0 Å². The first-order chi connectivity index (χ1) is 11.3. The summed E-state index contributed by atoms with van der Waals surface area (Å²) in [4.78, 5) is 23.1. The van der Waals surface area contributed by atoms with Gasteiger partial charge in [-0.15, -0.1) is 0 Å². The van der Waals surface area contributed by atoms with Crippen LogP contribution in [0.15, 0.2) is 30.5 Å². The molecule has 6 nitrogen and oxygen atoms in total. The van der Waals surface area contributed by atoms with E-state index >= 15 is 0 Å². The fourth-order valence-electron chi connectivity index (χ4n) is 3.08. The van der Waals surface area contributed by atoms with Gasteiger partial charge < -0.3 is 10.4 Å². The molecule has 1 aliphatic rings. The molecule has 1 atom stereocenters. The Morgan fingerprint density at radius 2 is 2.30 bits per heavy atom. The normalized spacial score (nSPS) is 18.4. The summed E-state index contributed by atoms with van der Waals surface area (Å²) >= 11 is 0. The molecule has 6 heteroatoms. The van der Waals surface area contributed by atoms with Gasteiger partial charge in [-0.3, -0.25) is 9.69 Å². The number of nitrogens with zero attached hydrogens (tertiary/aromatic N) is 3. The van der Waals surface area contributed by atoms with Gasteiger partial charge in [-0.1, -0.05) is 0 Å². The highest BCUT2D eigenvalue weighted by Gasteiger charge is 2.24. The van der Waals surface area contributed by atoms with Crippen molar-refractivity contribution in [3.05, 3.63) is 36.2 Å². The number of nitrogens with one attached hydrogen (secondary N) is 1. The molecule has 122 valence electrons. The van der Waals surface area contributed by atoms with E-state index < -0.39 is 0 Å². The second kappa shape index (κ2) is 7.48. The molecule has 1 fully saturated rings. The van der Waals surface area contributed by atoms with Crippen molar-refractivity contribution in [1.29, 1.82) is 0 Å². The maximum absolute atomic E-state index is 12.3. The van der Waals surface area contributed by atoms with Gasteiger partial charge in [-0.05, 0) is 50.1 Å². The van der Waals surface area contributed by atoms with Crippen LogP contribution in [0.1, 0.15) is 29.8 Å². The number of rotatable bonds is 6. The quantitative estimate of drug-likeness (QED) is 0.838. The van der Waals surface area contributed by atoms with E-state index in [9.17, 15) is 4.79 Å². The first kappa shape index (κ1) is 15.8. The van der Waals surface area contributed by atoms with Crippen LogP contribution < -0.4 is 5.32 Å². The second-order valence-corrected chi connectivity index (χ2v) is 5.87. The molecular weight excluding hydrogens is 292 g/mol. The molecule has 0 aromatic carbocycles. The highest BCUT2D eigenvalue weighted by Crippen LogP contribution is 2.17. The largest absolute Gasteiger partial charge is 0.396 e. The average Bonchev–Trinajstić information content (AvgIpc) is 3.04. The molecular formula is C17H22N4O2. The molecule has 3 heterocycles. The fourth-order valence-corrected chi connectivity index (χ4v) is 3.08. The monoisotopic (exact) mass is 314 g/mol. The molecule has 2 aromatic heterocycles. The topological polar surface area (TPSA) is 78.4 Å². The van der Waals surface area contributed by atoms with Crippen molar-refractivity contribution in [3.8, 4) is 0 Å². The molecule has 1 unspecified atom stereocenters. The highest BCUT2D eigenvalue weighted by molar-refractivity contribution is 5.94. The molecule has 2 aromatic rings. The maximum atomic E-state index is 12.3.